The second kappa shape index (κ2) is 15.6. The molecule has 9 aromatic carbocycles. The van der Waals surface area contributed by atoms with E-state index in [0.29, 0.717) is 0 Å². The lowest BCUT2D eigenvalue weighted by Gasteiger charge is -2.35. The Bertz CT molecular complexity index is 3510. The van der Waals surface area contributed by atoms with Gasteiger partial charge in [-0.1, -0.05) is 175 Å². The highest BCUT2D eigenvalue weighted by atomic mass is 15.2. The minimum absolute atomic E-state index is 0.0853. The van der Waals surface area contributed by atoms with Crippen molar-refractivity contribution in [3.8, 4) is 11.1 Å². The summed E-state index contributed by atoms with van der Waals surface area (Å²) in [6, 6.07) is 84.4. The normalized spacial score (nSPS) is 13.1. The van der Waals surface area contributed by atoms with Crippen molar-refractivity contribution in [2.75, 3.05) is 4.90 Å². The average molecular weight is 832 g/mol. The maximum Gasteiger partial charge on any atom is 0.138 e. The zero-order valence-corrected chi connectivity index (χ0v) is 36.4. The van der Waals surface area contributed by atoms with Gasteiger partial charge in [0.25, 0.3) is 0 Å². The molecule has 0 saturated heterocycles. The van der Waals surface area contributed by atoms with Crippen LogP contribution >= 0.6 is 0 Å². The minimum Gasteiger partial charge on any atom is -0.295 e. The maximum absolute atomic E-state index is 5.34. The lowest BCUT2D eigenvalue weighted by Crippen LogP contribution is -2.29. The third-order valence-corrected chi connectivity index (χ3v) is 13.5. The predicted molar refractivity (Wildman–Crippen MR) is 270 cm³/mol. The number of nitrogens with zero attached hydrogens (tertiary/aromatic N) is 3. The van der Waals surface area contributed by atoms with Crippen LogP contribution in [0.2, 0.25) is 0 Å². The topological polar surface area (TPSA) is 29.0 Å². The Balaban J connectivity index is 1.11. The van der Waals surface area contributed by atoms with E-state index in [-0.39, 0.29) is 5.92 Å². The number of aryl methyl sites for hydroxylation is 2. The van der Waals surface area contributed by atoms with Crippen LogP contribution < -0.4 is 4.90 Å². The van der Waals surface area contributed by atoms with Crippen molar-refractivity contribution in [3.63, 3.8) is 0 Å². The standard InChI is InChI=1S/C62H45N3/c1-41-21-29-49(30-22-41)62(50-31-23-42(2)24-32-50)55-39-47(61(45-15-5-3-6-16-45)59-35-27-43-13-9-11-19-57(43)63-59)26-34-53(55)54-38-46-25-33-52(37-48(46)40-56(54)62)65(51-17-7-4-8-18-51)60-36-28-44-14-10-12-20-58(44)64-60/h3-40,61H,1-2H3. The van der Waals surface area contributed by atoms with Gasteiger partial charge in [-0.2, -0.15) is 0 Å². The van der Waals surface area contributed by atoms with Crippen molar-refractivity contribution in [1.82, 2.24) is 9.97 Å². The molecule has 2 aromatic heterocycles. The molecule has 3 nitrogen and oxygen atoms in total. The number of fused-ring (bicyclic) bond motifs is 6. The summed E-state index contributed by atoms with van der Waals surface area (Å²) in [4.78, 5) is 12.8. The van der Waals surface area contributed by atoms with Gasteiger partial charge in [0.2, 0.25) is 0 Å². The van der Waals surface area contributed by atoms with Gasteiger partial charge in [-0.3, -0.25) is 9.88 Å². The van der Waals surface area contributed by atoms with Crippen LogP contribution in [0.5, 0.6) is 0 Å². The van der Waals surface area contributed by atoms with Gasteiger partial charge < -0.3 is 0 Å². The molecule has 308 valence electrons. The molecule has 0 radical (unpaired) electrons. The second-order valence-electron chi connectivity index (χ2n) is 17.5. The highest BCUT2D eigenvalue weighted by molar-refractivity contribution is 5.98. The van der Waals surface area contributed by atoms with E-state index in [1.807, 2.05) is 0 Å². The van der Waals surface area contributed by atoms with Gasteiger partial charge in [-0.25, -0.2) is 4.98 Å². The van der Waals surface area contributed by atoms with E-state index in [1.54, 1.807) is 0 Å². The molecule has 1 unspecified atom stereocenters. The summed E-state index contributed by atoms with van der Waals surface area (Å²) in [6.45, 7) is 4.35. The molecule has 0 bridgehead atoms. The summed E-state index contributed by atoms with van der Waals surface area (Å²) in [5.74, 6) is 0.788. The van der Waals surface area contributed by atoms with Crippen LogP contribution in [0, 0.1) is 13.8 Å². The van der Waals surface area contributed by atoms with Gasteiger partial charge >= 0.3 is 0 Å². The van der Waals surface area contributed by atoms with Crippen molar-refractivity contribution in [1.29, 1.82) is 0 Å². The molecule has 12 rings (SSSR count). The third-order valence-electron chi connectivity index (χ3n) is 13.5. The third kappa shape index (κ3) is 6.50. The number of hydrogen-bond donors (Lipinski definition) is 0. The SMILES string of the molecule is Cc1ccc(C2(c3ccc(C)cc3)c3cc(C(c4ccccc4)c4ccc5ccccc5n4)ccc3-c3cc4ccc(N(c5ccccc5)c5ccc6ccccc6n5)cc4cc32)cc1. The Morgan fingerprint density at radius 3 is 1.66 bits per heavy atom. The molecule has 0 spiro atoms. The highest BCUT2D eigenvalue weighted by Gasteiger charge is 2.47. The van der Waals surface area contributed by atoms with Crippen LogP contribution in [0.3, 0.4) is 0 Å². The van der Waals surface area contributed by atoms with Crippen LogP contribution in [0.25, 0.3) is 43.7 Å². The molecule has 3 heteroatoms. The number of para-hydroxylation sites is 3. The number of rotatable bonds is 8. The first-order chi connectivity index (χ1) is 32.0. The number of hydrogen-bond acceptors (Lipinski definition) is 3. The van der Waals surface area contributed by atoms with Crippen molar-refractivity contribution in [3.05, 3.63) is 281 Å². The zero-order chi connectivity index (χ0) is 43.5. The molecule has 1 aliphatic carbocycles. The first-order valence-corrected chi connectivity index (χ1v) is 22.5. The summed E-state index contributed by atoms with van der Waals surface area (Å²) in [6.07, 6.45) is 0. The van der Waals surface area contributed by atoms with Crippen LogP contribution in [0.4, 0.5) is 17.2 Å². The second-order valence-corrected chi connectivity index (χ2v) is 17.5. The van der Waals surface area contributed by atoms with Gasteiger partial charge in [0.05, 0.1) is 28.1 Å². The largest absolute Gasteiger partial charge is 0.295 e. The predicted octanol–water partition coefficient (Wildman–Crippen LogP) is 15.6. The van der Waals surface area contributed by atoms with Crippen LogP contribution in [-0.2, 0) is 5.41 Å². The van der Waals surface area contributed by atoms with E-state index < -0.39 is 5.41 Å². The molecule has 0 N–H and O–H groups in total. The van der Waals surface area contributed by atoms with E-state index >= 15 is 0 Å². The first-order valence-electron chi connectivity index (χ1n) is 22.5. The molecule has 0 fully saturated rings. The molecule has 0 aliphatic heterocycles. The molecule has 65 heavy (non-hydrogen) atoms. The summed E-state index contributed by atoms with van der Waals surface area (Å²) in [5.41, 5.74) is 16.9. The van der Waals surface area contributed by atoms with E-state index in [4.69, 9.17) is 9.97 Å². The van der Waals surface area contributed by atoms with Gasteiger partial charge in [0, 0.05) is 22.1 Å². The Labute approximate surface area is 380 Å². The van der Waals surface area contributed by atoms with Gasteiger partial charge in [0.15, 0.2) is 0 Å². The fourth-order valence-electron chi connectivity index (χ4n) is 10.4. The van der Waals surface area contributed by atoms with Crippen molar-refractivity contribution in [2.24, 2.45) is 0 Å². The quantitative estimate of drug-likeness (QED) is 0.153. The number of aromatic nitrogens is 2. The number of benzene rings is 9. The van der Waals surface area contributed by atoms with E-state index in [1.165, 1.54) is 66.4 Å². The fourth-order valence-corrected chi connectivity index (χ4v) is 10.4. The molecule has 0 amide bonds. The molecule has 11 aromatic rings. The molecular weight excluding hydrogens is 787 g/mol. The average Bonchev–Trinajstić information content (AvgIpc) is 3.63. The van der Waals surface area contributed by atoms with Crippen LogP contribution in [0.1, 0.15) is 56.1 Å². The first kappa shape index (κ1) is 38.5. The monoisotopic (exact) mass is 831 g/mol. The van der Waals surface area contributed by atoms with Crippen LogP contribution in [0.15, 0.2) is 231 Å². The van der Waals surface area contributed by atoms with E-state index in [9.17, 15) is 0 Å². The Hall–Kier alpha value is -8.14. The Morgan fingerprint density at radius 1 is 0.385 bits per heavy atom. The lowest BCUT2D eigenvalue weighted by atomic mass is 9.67. The number of pyridine rings is 2. The number of anilines is 3. The van der Waals surface area contributed by atoms with Crippen molar-refractivity contribution < 1.29 is 0 Å². The Morgan fingerprint density at radius 2 is 0.969 bits per heavy atom. The van der Waals surface area contributed by atoms with Gasteiger partial charge in [-0.05, 0) is 136 Å². The highest BCUT2D eigenvalue weighted by Crippen LogP contribution is 2.58. The Kier molecular flexibility index (Phi) is 9.24. The molecule has 1 aliphatic rings. The van der Waals surface area contributed by atoms with E-state index in [2.05, 4.69) is 249 Å². The summed E-state index contributed by atoms with van der Waals surface area (Å²) < 4.78 is 0. The van der Waals surface area contributed by atoms with E-state index in [0.717, 1.165) is 44.7 Å². The minimum atomic E-state index is -0.622. The van der Waals surface area contributed by atoms with Crippen molar-refractivity contribution >= 4 is 49.8 Å². The van der Waals surface area contributed by atoms with Crippen LogP contribution in [-0.4, -0.2) is 9.97 Å². The molecule has 1 atom stereocenters. The summed E-state index contributed by atoms with van der Waals surface area (Å²) >= 11 is 0. The summed E-state index contributed by atoms with van der Waals surface area (Å²) in [5, 5.41) is 4.62. The smallest absolute Gasteiger partial charge is 0.138 e. The molecule has 0 saturated carbocycles. The maximum atomic E-state index is 5.34. The summed E-state index contributed by atoms with van der Waals surface area (Å²) in [7, 11) is 0. The zero-order valence-electron chi connectivity index (χ0n) is 36.4. The molecular formula is C62H45N3. The fraction of sp³-hybridized carbons (Fsp3) is 0.0645. The molecule has 2 heterocycles. The van der Waals surface area contributed by atoms with Gasteiger partial charge in [0.1, 0.15) is 5.82 Å². The van der Waals surface area contributed by atoms with Crippen molar-refractivity contribution in [2.45, 2.75) is 25.2 Å². The lowest BCUT2D eigenvalue weighted by molar-refractivity contribution is 0.765. The van der Waals surface area contributed by atoms with Gasteiger partial charge in [-0.15, -0.1) is 0 Å².